The maximum atomic E-state index is 9.80. The fraction of sp³-hybridized carbons (Fsp3) is 0.483. The van der Waals surface area contributed by atoms with Crippen LogP contribution in [0.5, 0.6) is 0 Å². The molecule has 0 aromatic heterocycles. The molecule has 1 atom stereocenters. The molecule has 6 rings (SSSR count). The number of benzene rings is 2. The Kier molecular flexibility index (Phi) is 7.63. The number of nitrogens with zero attached hydrogens (tertiary/aromatic N) is 6. The second kappa shape index (κ2) is 11.6. The summed E-state index contributed by atoms with van der Waals surface area (Å²) in [6.45, 7) is 7.49. The van der Waals surface area contributed by atoms with Gasteiger partial charge in [0.15, 0.2) is 12.1 Å². The second-order valence-corrected chi connectivity index (χ2v) is 10.5. The zero-order valence-electron chi connectivity index (χ0n) is 22.4. The van der Waals surface area contributed by atoms with Gasteiger partial charge in [-0.3, -0.25) is 4.90 Å². The van der Waals surface area contributed by atoms with E-state index in [1.807, 2.05) is 30.1 Å². The molecule has 3 saturated heterocycles. The zero-order chi connectivity index (χ0) is 26.6. The summed E-state index contributed by atoms with van der Waals surface area (Å²) >= 11 is 0. The molecule has 4 heterocycles. The molecule has 204 valence electrons. The smallest absolute Gasteiger partial charge is 0.199 e. The number of anilines is 3. The SMILES string of the molecule is CN1C=NC(c2ccc(NC3CCOCC3)c(C#N)c2)=NC1Nc1ccc(N2CCN(C3COC3)CC2)cc1. The summed E-state index contributed by atoms with van der Waals surface area (Å²) in [7, 11) is 1.95. The molecule has 4 aliphatic heterocycles. The number of hydrogen-bond acceptors (Lipinski definition) is 10. The molecule has 3 fully saturated rings. The zero-order valence-corrected chi connectivity index (χ0v) is 22.4. The van der Waals surface area contributed by atoms with Gasteiger partial charge >= 0.3 is 0 Å². The maximum absolute atomic E-state index is 9.80. The molecule has 2 aromatic rings. The van der Waals surface area contributed by atoms with Crippen molar-refractivity contribution in [1.29, 1.82) is 5.26 Å². The van der Waals surface area contributed by atoms with E-state index in [2.05, 4.69) is 55.8 Å². The first-order valence-electron chi connectivity index (χ1n) is 13.8. The van der Waals surface area contributed by atoms with Crippen molar-refractivity contribution in [2.75, 3.05) is 75.2 Å². The van der Waals surface area contributed by atoms with Gasteiger partial charge in [-0.2, -0.15) is 5.26 Å². The quantitative estimate of drug-likeness (QED) is 0.566. The number of piperazine rings is 1. The minimum atomic E-state index is -0.304. The highest BCUT2D eigenvalue weighted by Gasteiger charge is 2.29. The Morgan fingerprint density at radius 2 is 1.72 bits per heavy atom. The lowest BCUT2D eigenvalue weighted by molar-refractivity contribution is -0.0660. The van der Waals surface area contributed by atoms with Crippen LogP contribution >= 0.6 is 0 Å². The Morgan fingerprint density at radius 1 is 0.949 bits per heavy atom. The van der Waals surface area contributed by atoms with Gasteiger partial charge in [-0.1, -0.05) is 0 Å². The van der Waals surface area contributed by atoms with Crippen molar-refractivity contribution >= 4 is 29.2 Å². The number of hydrogen-bond donors (Lipinski definition) is 2. The van der Waals surface area contributed by atoms with E-state index in [-0.39, 0.29) is 6.29 Å². The molecule has 4 aliphatic rings. The van der Waals surface area contributed by atoms with E-state index < -0.39 is 0 Å². The standard InChI is InChI=1S/C29H36N8O2/c1-35-20-31-28(21-2-7-27(22(16-21)17-30)32-24-8-14-38-15-9-24)34-29(35)33-23-3-5-25(6-4-23)36-10-12-37(13-11-36)26-18-39-19-26/h2-7,16,20,24,26,29,32-33H,8-15,18-19H2,1H3. The normalized spacial score (nSPS) is 22.7. The van der Waals surface area contributed by atoms with Gasteiger partial charge < -0.3 is 29.9 Å². The predicted molar refractivity (Wildman–Crippen MR) is 154 cm³/mol. The minimum absolute atomic E-state index is 0.304. The van der Waals surface area contributed by atoms with Crippen molar-refractivity contribution in [2.45, 2.75) is 31.2 Å². The molecule has 0 amide bonds. The lowest BCUT2D eigenvalue weighted by Gasteiger charge is -2.43. The average molecular weight is 529 g/mol. The lowest BCUT2D eigenvalue weighted by Crippen LogP contribution is -2.56. The molecule has 10 nitrogen and oxygen atoms in total. The molecular weight excluding hydrogens is 492 g/mol. The first kappa shape index (κ1) is 25.6. The van der Waals surface area contributed by atoms with Crippen LogP contribution in [-0.4, -0.2) is 100 Å². The first-order chi connectivity index (χ1) is 19.2. The van der Waals surface area contributed by atoms with Crippen molar-refractivity contribution in [2.24, 2.45) is 9.98 Å². The van der Waals surface area contributed by atoms with Crippen LogP contribution in [0.15, 0.2) is 52.4 Å². The van der Waals surface area contributed by atoms with Crippen LogP contribution in [0.3, 0.4) is 0 Å². The Hall–Kier alpha value is -3.65. The fourth-order valence-corrected chi connectivity index (χ4v) is 5.39. The van der Waals surface area contributed by atoms with Gasteiger partial charge in [0.1, 0.15) is 6.07 Å². The third kappa shape index (κ3) is 5.86. The van der Waals surface area contributed by atoms with Crippen LogP contribution in [0, 0.1) is 11.3 Å². The number of aliphatic imine (C=N–C) groups is 2. The van der Waals surface area contributed by atoms with Gasteiger partial charge in [-0.25, -0.2) is 9.98 Å². The molecule has 39 heavy (non-hydrogen) atoms. The Labute approximate surface area is 229 Å². The molecule has 0 aliphatic carbocycles. The largest absolute Gasteiger partial charge is 0.381 e. The van der Waals surface area contributed by atoms with Gasteiger partial charge in [0.05, 0.1) is 36.8 Å². The van der Waals surface area contributed by atoms with Crippen LogP contribution in [0.25, 0.3) is 0 Å². The molecule has 1 unspecified atom stereocenters. The maximum Gasteiger partial charge on any atom is 0.199 e. The molecule has 2 N–H and O–H groups in total. The highest BCUT2D eigenvalue weighted by Crippen LogP contribution is 2.24. The summed E-state index contributed by atoms with van der Waals surface area (Å²) < 4.78 is 10.8. The average Bonchev–Trinajstić information content (AvgIpc) is 2.95. The van der Waals surface area contributed by atoms with Gasteiger partial charge in [0.2, 0.25) is 0 Å². The van der Waals surface area contributed by atoms with Crippen LogP contribution in [0.1, 0.15) is 24.0 Å². The van der Waals surface area contributed by atoms with Crippen LogP contribution in [0.2, 0.25) is 0 Å². The van der Waals surface area contributed by atoms with Crippen molar-refractivity contribution in [3.05, 3.63) is 53.6 Å². The number of rotatable bonds is 7. The highest BCUT2D eigenvalue weighted by atomic mass is 16.5. The van der Waals surface area contributed by atoms with E-state index in [9.17, 15) is 5.26 Å². The first-order valence-corrected chi connectivity index (χ1v) is 13.8. The Balaban J connectivity index is 1.10. The minimum Gasteiger partial charge on any atom is -0.381 e. The Bertz CT molecular complexity index is 1240. The molecule has 0 radical (unpaired) electrons. The van der Waals surface area contributed by atoms with Crippen molar-refractivity contribution < 1.29 is 9.47 Å². The number of ether oxygens (including phenoxy) is 2. The third-order valence-electron chi connectivity index (χ3n) is 7.95. The topological polar surface area (TPSA) is 101 Å². The third-order valence-corrected chi connectivity index (χ3v) is 7.95. The molecule has 0 saturated carbocycles. The monoisotopic (exact) mass is 528 g/mol. The van der Waals surface area contributed by atoms with Crippen LogP contribution in [-0.2, 0) is 9.47 Å². The highest BCUT2D eigenvalue weighted by molar-refractivity contribution is 6.04. The molecule has 10 heteroatoms. The summed E-state index contributed by atoms with van der Waals surface area (Å²) in [5, 5.41) is 16.8. The van der Waals surface area contributed by atoms with E-state index in [4.69, 9.17) is 14.5 Å². The summed E-state index contributed by atoms with van der Waals surface area (Å²) in [5.74, 6) is 0.603. The van der Waals surface area contributed by atoms with Crippen molar-refractivity contribution in [1.82, 2.24) is 9.80 Å². The summed E-state index contributed by atoms with van der Waals surface area (Å²) in [6, 6.07) is 17.6. The lowest BCUT2D eigenvalue weighted by atomic mass is 10.0. The molecule has 0 bridgehead atoms. The summed E-state index contributed by atoms with van der Waals surface area (Å²) in [5.41, 5.74) is 4.50. The van der Waals surface area contributed by atoms with E-state index in [1.165, 1.54) is 5.69 Å². The second-order valence-electron chi connectivity index (χ2n) is 10.5. The van der Waals surface area contributed by atoms with E-state index in [0.29, 0.717) is 23.5 Å². The van der Waals surface area contributed by atoms with Gasteiger partial charge in [0, 0.05) is 69.4 Å². The predicted octanol–water partition coefficient (Wildman–Crippen LogP) is 2.79. The molecule has 2 aromatic carbocycles. The summed E-state index contributed by atoms with van der Waals surface area (Å²) in [6.07, 6.45) is 3.36. The van der Waals surface area contributed by atoms with Crippen LogP contribution < -0.4 is 15.5 Å². The Morgan fingerprint density at radius 3 is 2.41 bits per heavy atom. The number of nitrogens with one attached hydrogen (secondary N) is 2. The molecule has 0 spiro atoms. The van der Waals surface area contributed by atoms with E-state index >= 15 is 0 Å². The summed E-state index contributed by atoms with van der Waals surface area (Å²) in [4.78, 5) is 16.3. The van der Waals surface area contributed by atoms with E-state index in [0.717, 1.165) is 82.4 Å². The van der Waals surface area contributed by atoms with E-state index in [1.54, 1.807) is 6.34 Å². The van der Waals surface area contributed by atoms with Gasteiger partial charge in [-0.15, -0.1) is 0 Å². The van der Waals surface area contributed by atoms with Gasteiger partial charge in [-0.05, 0) is 55.3 Å². The van der Waals surface area contributed by atoms with Gasteiger partial charge in [0.25, 0.3) is 0 Å². The number of amidine groups is 1. The number of nitriles is 1. The van der Waals surface area contributed by atoms with Crippen LogP contribution in [0.4, 0.5) is 17.1 Å². The fourth-order valence-electron chi connectivity index (χ4n) is 5.39. The van der Waals surface area contributed by atoms with Crippen molar-refractivity contribution in [3.63, 3.8) is 0 Å². The molecular formula is C29H36N8O2. The van der Waals surface area contributed by atoms with Crippen molar-refractivity contribution in [3.8, 4) is 6.07 Å².